The van der Waals surface area contributed by atoms with Gasteiger partial charge in [-0.15, -0.1) is 0 Å². The third-order valence-corrected chi connectivity index (χ3v) is 4.15. The summed E-state index contributed by atoms with van der Waals surface area (Å²) in [6.07, 6.45) is 5.26. The summed E-state index contributed by atoms with van der Waals surface area (Å²) in [4.78, 5) is 24.9. The van der Waals surface area contributed by atoms with E-state index in [4.69, 9.17) is 5.73 Å². The Labute approximate surface area is 143 Å². The first kappa shape index (κ1) is 16.4. The zero-order valence-corrected chi connectivity index (χ0v) is 14.0. The summed E-state index contributed by atoms with van der Waals surface area (Å²) in [6, 6.07) is 11.1. The molecule has 2 heterocycles. The van der Waals surface area contributed by atoms with E-state index >= 15 is 0 Å². The van der Waals surface area contributed by atoms with E-state index in [1.54, 1.807) is 18.5 Å². The summed E-state index contributed by atoms with van der Waals surface area (Å²) in [5, 5.41) is 3.68. The maximum Gasteiger partial charge on any atom is 0.244 e. The van der Waals surface area contributed by atoms with Gasteiger partial charge in [0.05, 0.1) is 17.3 Å². The second-order valence-electron chi connectivity index (χ2n) is 5.23. The minimum atomic E-state index is -0.588. The molecule has 0 aliphatic rings. The van der Waals surface area contributed by atoms with Crippen LogP contribution in [0.5, 0.6) is 0 Å². The van der Waals surface area contributed by atoms with Gasteiger partial charge in [0.25, 0.3) is 0 Å². The number of carbonyl (C=O) groups excluding carboxylic acids is 1. The van der Waals surface area contributed by atoms with Crippen LogP contribution in [0.1, 0.15) is 0 Å². The van der Waals surface area contributed by atoms with Gasteiger partial charge in [-0.3, -0.25) is 15.1 Å². The van der Waals surface area contributed by atoms with Gasteiger partial charge in [-0.2, -0.15) is 11.8 Å². The number of benzene rings is 1. The molecule has 3 rings (SSSR count). The molecule has 24 heavy (non-hydrogen) atoms. The molecule has 7 heteroatoms. The molecule has 0 saturated carbocycles. The summed E-state index contributed by atoms with van der Waals surface area (Å²) < 4.78 is 0. The lowest BCUT2D eigenvalue weighted by molar-refractivity contribution is -0.117. The lowest BCUT2D eigenvalue weighted by Gasteiger charge is -2.10. The van der Waals surface area contributed by atoms with E-state index < -0.39 is 6.04 Å². The number of hydrogen-bond acceptors (Lipinski definition) is 6. The van der Waals surface area contributed by atoms with Gasteiger partial charge in [0.15, 0.2) is 0 Å². The Morgan fingerprint density at radius 1 is 1.29 bits per heavy atom. The Hall–Kier alpha value is -2.51. The Balaban J connectivity index is 1.85. The van der Waals surface area contributed by atoms with Crippen LogP contribution in [0.25, 0.3) is 22.2 Å². The standard InChI is InChI=1S/C17H17N5OS/c1-24-10-13(18)16(23)22-17-19-7-6-15(21-17)12-8-11-4-2-3-5-14(11)20-9-12/h2-9,13H,10,18H2,1H3,(H,19,21,22,23)/t13-/m0/s1. The molecule has 0 fully saturated rings. The van der Waals surface area contributed by atoms with Crippen molar-refractivity contribution in [2.24, 2.45) is 5.73 Å². The lowest BCUT2D eigenvalue weighted by atomic mass is 10.1. The molecular formula is C17H17N5OS. The van der Waals surface area contributed by atoms with Crippen LogP contribution in [0, 0.1) is 0 Å². The molecule has 0 spiro atoms. The summed E-state index contributed by atoms with van der Waals surface area (Å²) in [5.41, 5.74) is 8.26. The minimum Gasteiger partial charge on any atom is -0.319 e. The van der Waals surface area contributed by atoms with Crippen molar-refractivity contribution >= 4 is 34.5 Å². The van der Waals surface area contributed by atoms with Gasteiger partial charge in [0, 0.05) is 29.1 Å². The largest absolute Gasteiger partial charge is 0.319 e. The van der Waals surface area contributed by atoms with Crippen LogP contribution in [-0.2, 0) is 4.79 Å². The second-order valence-corrected chi connectivity index (χ2v) is 6.14. The van der Waals surface area contributed by atoms with Crippen LogP contribution in [-0.4, -0.2) is 38.9 Å². The zero-order chi connectivity index (χ0) is 16.9. The Morgan fingerprint density at radius 2 is 2.12 bits per heavy atom. The maximum atomic E-state index is 12.0. The molecule has 0 aliphatic heterocycles. The van der Waals surface area contributed by atoms with Gasteiger partial charge in [0.2, 0.25) is 11.9 Å². The third kappa shape index (κ3) is 3.69. The SMILES string of the molecule is CSC[C@H](N)C(=O)Nc1nccc(-c2cnc3ccccc3c2)n1. The molecule has 6 nitrogen and oxygen atoms in total. The first-order valence-electron chi connectivity index (χ1n) is 7.41. The number of anilines is 1. The number of nitrogens with one attached hydrogen (secondary N) is 1. The first-order valence-corrected chi connectivity index (χ1v) is 8.80. The van der Waals surface area contributed by atoms with Crippen molar-refractivity contribution in [1.29, 1.82) is 0 Å². The van der Waals surface area contributed by atoms with E-state index in [0.717, 1.165) is 16.5 Å². The highest BCUT2D eigenvalue weighted by Gasteiger charge is 2.14. The Morgan fingerprint density at radius 3 is 2.96 bits per heavy atom. The summed E-state index contributed by atoms with van der Waals surface area (Å²) in [5.74, 6) is 0.487. The van der Waals surface area contributed by atoms with Gasteiger partial charge in [0.1, 0.15) is 0 Å². The molecule has 3 N–H and O–H groups in total. The summed E-state index contributed by atoms with van der Waals surface area (Å²) in [7, 11) is 0. The average molecular weight is 339 g/mol. The van der Waals surface area contributed by atoms with Gasteiger partial charge < -0.3 is 5.73 Å². The summed E-state index contributed by atoms with van der Waals surface area (Å²) in [6.45, 7) is 0. The number of amides is 1. The molecule has 2 aromatic heterocycles. The van der Waals surface area contributed by atoms with Gasteiger partial charge >= 0.3 is 0 Å². The van der Waals surface area contributed by atoms with Crippen LogP contribution in [0.3, 0.4) is 0 Å². The highest BCUT2D eigenvalue weighted by molar-refractivity contribution is 7.98. The quantitative estimate of drug-likeness (QED) is 0.741. The number of nitrogens with two attached hydrogens (primary N) is 1. The van der Waals surface area contributed by atoms with Crippen LogP contribution in [0.4, 0.5) is 5.95 Å². The van der Waals surface area contributed by atoms with E-state index in [9.17, 15) is 4.79 Å². The number of thioether (sulfide) groups is 1. The predicted molar refractivity (Wildman–Crippen MR) is 97.8 cm³/mol. The molecule has 1 aromatic carbocycles. The fourth-order valence-electron chi connectivity index (χ4n) is 2.25. The van der Waals surface area contributed by atoms with Crippen LogP contribution in [0.15, 0.2) is 48.8 Å². The van der Waals surface area contributed by atoms with Crippen molar-refractivity contribution in [2.45, 2.75) is 6.04 Å². The highest BCUT2D eigenvalue weighted by atomic mass is 32.2. The van der Waals surface area contributed by atoms with Crippen LogP contribution >= 0.6 is 11.8 Å². The van der Waals surface area contributed by atoms with Crippen LogP contribution in [0.2, 0.25) is 0 Å². The van der Waals surface area contributed by atoms with E-state index in [1.807, 2.05) is 36.6 Å². The van der Waals surface area contributed by atoms with Crippen molar-refractivity contribution in [3.63, 3.8) is 0 Å². The number of fused-ring (bicyclic) bond motifs is 1. The monoisotopic (exact) mass is 339 g/mol. The van der Waals surface area contributed by atoms with Gasteiger partial charge in [-0.1, -0.05) is 18.2 Å². The average Bonchev–Trinajstić information content (AvgIpc) is 2.61. The number of rotatable bonds is 5. The van der Waals surface area contributed by atoms with Crippen molar-refractivity contribution in [3.05, 3.63) is 48.8 Å². The molecule has 0 saturated heterocycles. The minimum absolute atomic E-state index is 0.238. The van der Waals surface area contributed by atoms with E-state index in [2.05, 4.69) is 20.3 Å². The molecule has 1 amide bonds. The summed E-state index contributed by atoms with van der Waals surface area (Å²) >= 11 is 1.51. The molecule has 122 valence electrons. The van der Waals surface area contributed by atoms with Crippen molar-refractivity contribution in [3.8, 4) is 11.3 Å². The van der Waals surface area contributed by atoms with Crippen molar-refractivity contribution in [1.82, 2.24) is 15.0 Å². The zero-order valence-electron chi connectivity index (χ0n) is 13.1. The fourth-order valence-corrected chi connectivity index (χ4v) is 2.76. The highest BCUT2D eigenvalue weighted by Crippen LogP contribution is 2.21. The van der Waals surface area contributed by atoms with Crippen molar-refractivity contribution in [2.75, 3.05) is 17.3 Å². The molecule has 0 unspecified atom stereocenters. The number of para-hydroxylation sites is 1. The normalized spacial score (nSPS) is 12.1. The van der Waals surface area contributed by atoms with E-state index in [0.29, 0.717) is 11.4 Å². The number of carbonyl (C=O) groups is 1. The number of aromatic nitrogens is 3. The molecule has 0 radical (unpaired) electrons. The molecular weight excluding hydrogens is 322 g/mol. The third-order valence-electron chi connectivity index (χ3n) is 3.46. The van der Waals surface area contributed by atoms with Crippen LogP contribution < -0.4 is 11.1 Å². The van der Waals surface area contributed by atoms with E-state index in [1.165, 1.54) is 11.8 Å². The molecule has 1 atom stereocenters. The lowest BCUT2D eigenvalue weighted by Crippen LogP contribution is -2.38. The molecule has 3 aromatic rings. The Bertz CT molecular complexity index is 870. The van der Waals surface area contributed by atoms with E-state index in [-0.39, 0.29) is 11.9 Å². The number of hydrogen-bond donors (Lipinski definition) is 2. The maximum absolute atomic E-state index is 12.0. The fraction of sp³-hybridized carbons (Fsp3) is 0.176. The topological polar surface area (TPSA) is 93.8 Å². The number of pyridine rings is 1. The number of nitrogens with zero attached hydrogens (tertiary/aromatic N) is 3. The smallest absolute Gasteiger partial charge is 0.244 e. The van der Waals surface area contributed by atoms with Crippen molar-refractivity contribution < 1.29 is 4.79 Å². The molecule has 0 aliphatic carbocycles. The Kier molecular flexibility index (Phi) is 5.02. The molecule has 0 bridgehead atoms. The van der Waals surface area contributed by atoms with Gasteiger partial charge in [-0.05, 0) is 24.5 Å². The second kappa shape index (κ2) is 7.37. The predicted octanol–water partition coefficient (Wildman–Crippen LogP) is 2.32. The first-order chi connectivity index (χ1) is 11.7. The van der Waals surface area contributed by atoms with Gasteiger partial charge in [-0.25, -0.2) is 9.97 Å².